The second-order valence-electron chi connectivity index (χ2n) is 5.25. The molecule has 0 aliphatic carbocycles. The first-order chi connectivity index (χ1) is 9.10. The summed E-state index contributed by atoms with van der Waals surface area (Å²) in [5.41, 5.74) is 2.62. The third-order valence-electron chi connectivity index (χ3n) is 3.17. The molecule has 1 atom stereocenters. The van der Waals surface area contributed by atoms with E-state index in [9.17, 15) is 0 Å². The Morgan fingerprint density at radius 1 is 1.47 bits per heavy atom. The highest BCUT2D eigenvalue weighted by Crippen LogP contribution is 2.21. The fraction of sp³-hybridized carbons (Fsp3) is 0.692. The number of aromatic nitrogens is 2. The van der Waals surface area contributed by atoms with Gasteiger partial charge in [0.25, 0.3) is 0 Å². The molecule has 19 heavy (non-hydrogen) atoms. The number of hydrogen-bond acceptors (Lipinski definition) is 6. The van der Waals surface area contributed by atoms with Gasteiger partial charge >= 0.3 is 0 Å². The summed E-state index contributed by atoms with van der Waals surface area (Å²) in [6.07, 6.45) is 1.23. The minimum Gasteiger partial charge on any atom is -0.377 e. The molecule has 2 rings (SSSR count). The van der Waals surface area contributed by atoms with Crippen LogP contribution in [0, 0.1) is 0 Å². The SMILES string of the molecule is CC1CN(c2cc(NN)nc(C(C)C)n2)CCCO1. The van der Waals surface area contributed by atoms with Gasteiger partial charge < -0.3 is 15.1 Å². The molecule has 0 aromatic carbocycles. The maximum absolute atomic E-state index is 5.66. The Hall–Kier alpha value is -1.40. The summed E-state index contributed by atoms with van der Waals surface area (Å²) in [5.74, 6) is 8.15. The zero-order valence-electron chi connectivity index (χ0n) is 11.9. The Kier molecular flexibility index (Phi) is 4.55. The van der Waals surface area contributed by atoms with Crippen LogP contribution in [0.3, 0.4) is 0 Å². The van der Waals surface area contributed by atoms with Crippen LogP contribution in [0.25, 0.3) is 0 Å². The fourth-order valence-corrected chi connectivity index (χ4v) is 2.15. The molecule has 1 aromatic rings. The van der Waals surface area contributed by atoms with Crippen LogP contribution in [0.15, 0.2) is 6.07 Å². The number of nitrogens with zero attached hydrogens (tertiary/aromatic N) is 3. The van der Waals surface area contributed by atoms with Crippen molar-refractivity contribution in [3.63, 3.8) is 0 Å². The van der Waals surface area contributed by atoms with Crippen molar-refractivity contribution < 1.29 is 4.74 Å². The smallest absolute Gasteiger partial charge is 0.145 e. The van der Waals surface area contributed by atoms with Crippen molar-refractivity contribution in [2.24, 2.45) is 5.84 Å². The van der Waals surface area contributed by atoms with Crippen LogP contribution in [0.4, 0.5) is 11.6 Å². The first-order valence-corrected chi connectivity index (χ1v) is 6.82. The van der Waals surface area contributed by atoms with Crippen molar-refractivity contribution in [1.82, 2.24) is 9.97 Å². The van der Waals surface area contributed by atoms with Gasteiger partial charge in [-0.3, -0.25) is 0 Å². The van der Waals surface area contributed by atoms with E-state index < -0.39 is 0 Å². The number of hydrazine groups is 1. The quantitative estimate of drug-likeness (QED) is 0.637. The van der Waals surface area contributed by atoms with Crippen LogP contribution < -0.4 is 16.2 Å². The van der Waals surface area contributed by atoms with Gasteiger partial charge in [-0.25, -0.2) is 15.8 Å². The average molecular weight is 265 g/mol. The van der Waals surface area contributed by atoms with Gasteiger partial charge in [0.2, 0.25) is 0 Å². The van der Waals surface area contributed by atoms with Crippen LogP contribution in [0.1, 0.15) is 38.9 Å². The molecule has 6 nitrogen and oxygen atoms in total. The predicted molar refractivity (Wildman–Crippen MR) is 76.2 cm³/mol. The summed E-state index contributed by atoms with van der Waals surface area (Å²) in [5, 5.41) is 0. The molecule has 0 saturated carbocycles. The Labute approximate surface area is 114 Å². The molecule has 0 bridgehead atoms. The molecule has 1 fully saturated rings. The minimum absolute atomic E-state index is 0.217. The highest BCUT2D eigenvalue weighted by molar-refractivity contribution is 5.49. The van der Waals surface area contributed by atoms with E-state index in [1.54, 1.807) is 0 Å². The monoisotopic (exact) mass is 265 g/mol. The van der Waals surface area contributed by atoms with E-state index in [0.29, 0.717) is 5.82 Å². The molecule has 3 N–H and O–H groups in total. The third-order valence-corrected chi connectivity index (χ3v) is 3.17. The normalized spacial score (nSPS) is 20.5. The lowest BCUT2D eigenvalue weighted by molar-refractivity contribution is 0.0820. The lowest BCUT2D eigenvalue weighted by atomic mass is 10.2. The second-order valence-corrected chi connectivity index (χ2v) is 5.25. The molecule has 0 radical (unpaired) electrons. The molecular formula is C13H23N5O. The van der Waals surface area contributed by atoms with Crippen molar-refractivity contribution in [3.05, 3.63) is 11.9 Å². The van der Waals surface area contributed by atoms with Crippen molar-refractivity contribution in [2.45, 2.75) is 39.2 Å². The maximum atomic E-state index is 5.66. The Balaban J connectivity index is 2.28. The van der Waals surface area contributed by atoms with E-state index in [-0.39, 0.29) is 12.0 Å². The molecule has 1 aromatic heterocycles. The third kappa shape index (κ3) is 3.54. The molecule has 1 aliphatic rings. The maximum Gasteiger partial charge on any atom is 0.145 e. The molecular weight excluding hydrogens is 242 g/mol. The van der Waals surface area contributed by atoms with Gasteiger partial charge in [-0.1, -0.05) is 13.8 Å². The van der Waals surface area contributed by atoms with Crippen LogP contribution >= 0.6 is 0 Å². The molecule has 1 saturated heterocycles. The molecule has 106 valence electrons. The van der Waals surface area contributed by atoms with Crippen molar-refractivity contribution in [2.75, 3.05) is 30.0 Å². The number of rotatable bonds is 3. The van der Waals surface area contributed by atoms with Crippen LogP contribution in [0.2, 0.25) is 0 Å². The summed E-state index contributed by atoms with van der Waals surface area (Å²) in [7, 11) is 0. The van der Waals surface area contributed by atoms with Gasteiger partial charge in [-0.15, -0.1) is 0 Å². The standard InChI is InChI=1S/C13H23N5O/c1-9(2)13-15-11(17-14)7-12(16-13)18-5-4-6-19-10(3)8-18/h7,9-10H,4-6,8,14H2,1-3H3,(H,15,16,17). The van der Waals surface area contributed by atoms with Crippen LogP contribution in [-0.4, -0.2) is 35.8 Å². The number of anilines is 2. The van der Waals surface area contributed by atoms with Crippen molar-refractivity contribution in [3.8, 4) is 0 Å². The summed E-state index contributed by atoms with van der Waals surface area (Å²) in [6.45, 7) is 8.84. The Morgan fingerprint density at radius 2 is 2.26 bits per heavy atom. The van der Waals surface area contributed by atoms with E-state index in [4.69, 9.17) is 10.6 Å². The number of hydrogen-bond donors (Lipinski definition) is 2. The number of nitrogens with two attached hydrogens (primary N) is 1. The summed E-state index contributed by atoms with van der Waals surface area (Å²) in [4.78, 5) is 11.3. The summed E-state index contributed by atoms with van der Waals surface area (Å²) in [6, 6.07) is 1.89. The summed E-state index contributed by atoms with van der Waals surface area (Å²) >= 11 is 0. The lowest BCUT2D eigenvalue weighted by Crippen LogP contribution is -2.31. The van der Waals surface area contributed by atoms with E-state index in [1.807, 2.05) is 6.07 Å². The van der Waals surface area contributed by atoms with Crippen LogP contribution in [-0.2, 0) is 4.74 Å². The lowest BCUT2D eigenvalue weighted by Gasteiger charge is -2.24. The topological polar surface area (TPSA) is 76.3 Å². The second kappa shape index (κ2) is 6.16. The van der Waals surface area contributed by atoms with E-state index in [2.05, 4.69) is 41.1 Å². The van der Waals surface area contributed by atoms with Gasteiger partial charge in [-0.05, 0) is 13.3 Å². The molecule has 1 aliphatic heterocycles. The van der Waals surface area contributed by atoms with Crippen molar-refractivity contribution in [1.29, 1.82) is 0 Å². The molecule has 0 amide bonds. The van der Waals surface area contributed by atoms with Gasteiger partial charge in [0.05, 0.1) is 6.10 Å². The van der Waals surface area contributed by atoms with Gasteiger partial charge in [0.1, 0.15) is 17.5 Å². The Morgan fingerprint density at radius 3 is 2.95 bits per heavy atom. The fourth-order valence-electron chi connectivity index (χ4n) is 2.15. The average Bonchev–Trinajstić information content (AvgIpc) is 2.62. The van der Waals surface area contributed by atoms with Crippen LogP contribution in [0.5, 0.6) is 0 Å². The number of nitrogen functional groups attached to an aromatic ring is 1. The van der Waals surface area contributed by atoms with E-state index in [0.717, 1.165) is 37.8 Å². The highest BCUT2D eigenvalue weighted by Gasteiger charge is 2.18. The van der Waals surface area contributed by atoms with Gasteiger partial charge in [0.15, 0.2) is 0 Å². The van der Waals surface area contributed by atoms with Gasteiger partial charge in [-0.2, -0.15) is 0 Å². The van der Waals surface area contributed by atoms with E-state index in [1.165, 1.54) is 0 Å². The Bertz CT molecular complexity index is 423. The first-order valence-electron chi connectivity index (χ1n) is 6.82. The number of nitrogens with one attached hydrogen (secondary N) is 1. The number of ether oxygens (including phenoxy) is 1. The van der Waals surface area contributed by atoms with Gasteiger partial charge in [0, 0.05) is 31.7 Å². The van der Waals surface area contributed by atoms with E-state index >= 15 is 0 Å². The largest absolute Gasteiger partial charge is 0.377 e. The predicted octanol–water partition coefficient (Wildman–Crippen LogP) is 1.50. The molecule has 6 heteroatoms. The zero-order chi connectivity index (χ0) is 13.8. The highest BCUT2D eigenvalue weighted by atomic mass is 16.5. The van der Waals surface area contributed by atoms with Crippen molar-refractivity contribution >= 4 is 11.6 Å². The molecule has 1 unspecified atom stereocenters. The first kappa shape index (κ1) is 14.0. The molecule has 2 heterocycles. The minimum atomic E-state index is 0.217. The summed E-state index contributed by atoms with van der Waals surface area (Å²) < 4.78 is 5.66. The molecule has 0 spiro atoms. The zero-order valence-corrected chi connectivity index (χ0v) is 11.9.